The zero-order valence-electron chi connectivity index (χ0n) is 23.5. The maximum Gasteiger partial charge on any atom is 0.00521 e. The van der Waals surface area contributed by atoms with Gasteiger partial charge in [0.25, 0.3) is 0 Å². The van der Waals surface area contributed by atoms with Crippen LogP contribution >= 0.6 is 0 Å². The smallest absolute Gasteiger partial charge is 0.00521 e. The summed E-state index contributed by atoms with van der Waals surface area (Å²) in [4.78, 5) is 0. The Balaban J connectivity index is 2.33. The molecule has 1 unspecified atom stereocenters. The van der Waals surface area contributed by atoms with Crippen LogP contribution in [0.2, 0.25) is 0 Å². The fourth-order valence-corrected chi connectivity index (χ4v) is 5.26. The number of allylic oxidation sites excluding steroid dienone is 13. The third-order valence-electron chi connectivity index (χ3n) is 7.77. The van der Waals surface area contributed by atoms with Gasteiger partial charge in [-0.2, -0.15) is 0 Å². The number of benzene rings is 1. The molecule has 0 heteroatoms. The van der Waals surface area contributed by atoms with Crippen molar-refractivity contribution < 1.29 is 0 Å². The molecule has 0 aromatic heterocycles. The zero-order valence-corrected chi connectivity index (χ0v) is 23.5. The molecule has 36 heavy (non-hydrogen) atoms. The van der Waals surface area contributed by atoms with Crippen LogP contribution in [0, 0.1) is 24.7 Å². The van der Waals surface area contributed by atoms with E-state index in [4.69, 9.17) is 0 Å². The first kappa shape index (κ1) is 29.4. The van der Waals surface area contributed by atoms with Crippen molar-refractivity contribution >= 4 is 5.57 Å². The molecule has 0 amide bonds. The van der Waals surface area contributed by atoms with Crippen molar-refractivity contribution in [2.75, 3.05) is 0 Å². The number of hydrogen-bond acceptors (Lipinski definition) is 0. The first-order chi connectivity index (χ1) is 17.3. The van der Waals surface area contributed by atoms with E-state index in [-0.39, 0.29) is 0 Å². The molecule has 1 aliphatic carbocycles. The summed E-state index contributed by atoms with van der Waals surface area (Å²) in [6, 6.07) is 8.90. The van der Waals surface area contributed by atoms with Gasteiger partial charge in [-0.1, -0.05) is 129 Å². The van der Waals surface area contributed by atoms with Gasteiger partial charge in [0.15, 0.2) is 0 Å². The minimum Gasteiger partial charge on any atom is -0.102 e. The highest BCUT2D eigenvalue weighted by atomic mass is 14.3. The summed E-state index contributed by atoms with van der Waals surface area (Å²) in [6.45, 7) is 23.7. The Labute approximate surface area is 222 Å². The van der Waals surface area contributed by atoms with Gasteiger partial charge < -0.3 is 0 Å². The summed E-state index contributed by atoms with van der Waals surface area (Å²) in [7, 11) is 0. The maximum absolute atomic E-state index is 4.57. The predicted octanol–water partition coefficient (Wildman–Crippen LogP) is 10.9. The standard InChI is InChI=1S/C36H48/c1-9-12-19-32(10-2)26-30(7)28(5)17-16-18-29(6)36(31(8)33-24-22-27(4)23-25-33)35(11-3)34-20-14-13-15-21-34/h9-12,16-19,22-25,30,34-35H,1,3,6,13-15,20-21,26H2,2,4-5,7-8H3/b18-16-,19-12-,28-17+,32-10+,36-31+/t30-,35?/m0/s1. The van der Waals surface area contributed by atoms with Gasteiger partial charge in [0.1, 0.15) is 0 Å². The van der Waals surface area contributed by atoms with Crippen LogP contribution in [0.1, 0.15) is 77.3 Å². The fourth-order valence-electron chi connectivity index (χ4n) is 5.26. The second kappa shape index (κ2) is 15.3. The van der Waals surface area contributed by atoms with Crippen molar-refractivity contribution in [2.24, 2.45) is 17.8 Å². The highest BCUT2D eigenvalue weighted by Crippen LogP contribution is 2.40. The first-order valence-electron chi connectivity index (χ1n) is 13.7. The van der Waals surface area contributed by atoms with Crippen molar-refractivity contribution in [1.82, 2.24) is 0 Å². The molecule has 1 saturated carbocycles. The van der Waals surface area contributed by atoms with Crippen molar-refractivity contribution in [3.63, 3.8) is 0 Å². The second-order valence-corrected chi connectivity index (χ2v) is 10.4. The Morgan fingerprint density at radius 1 is 1.00 bits per heavy atom. The molecular weight excluding hydrogens is 432 g/mol. The van der Waals surface area contributed by atoms with E-state index in [0.29, 0.717) is 17.8 Å². The summed E-state index contributed by atoms with van der Waals surface area (Å²) in [5.41, 5.74) is 9.04. The molecule has 1 fully saturated rings. The molecule has 0 bridgehead atoms. The van der Waals surface area contributed by atoms with E-state index in [2.05, 4.69) is 115 Å². The van der Waals surface area contributed by atoms with E-state index in [1.165, 1.54) is 65.5 Å². The highest BCUT2D eigenvalue weighted by molar-refractivity contribution is 5.73. The number of rotatable bonds is 12. The van der Waals surface area contributed by atoms with E-state index in [9.17, 15) is 0 Å². The molecule has 0 spiro atoms. The monoisotopic (exact) mass is 480 g/mol. The van der Waals surface area contributed by atoms with E-state index in [1.54, 1.807) is 0 Å². The zero-order chi connectivity index (χ0) is 26.5. The van der Waals surface area contributed by atoms with Gasteiger partial charge in [-0.15, -0.1) is 6.58 Å². The molecule has 0 saturated heterocycles. The summed E-state index contributed by atoms with van der Waals surface area (Å²) in [5, 5.41) is 0. The largest absolute Gasteiger partial charge is 0.102 e. The Morgan fingerprint density at radius 3 is 2.25 bits per heavy atom. The molecule has 0 N–H and O–H groups in total. The van der Waals surface area contributed by atoms with Crippen LogP contribution in [0.15, 0.2) is 115 Å². The highest BCUT2D eigenvalue weighted by Gasteiger charge is 2.26. The van der Waals surface area contributed by atoms with E-state index in [0.717, 1.165) is 12.0 Å². The van der Waals surface area contributed by atoms with Crippen molar-refractivity contribution in [1.29, 1.82) is 0 Å². The SMILES string of the molecule is C=C/C=C\C(=C/C)C[C@H](C)/C(C)=C/C=C\C(=C)/C(=C(/C)c1ccc(C)cc1)C(C=C)C1CCCCC1. The Bertz CT molecular complexity index is 1030. The lowest BCUT2D eigenvalue weighted by Crippen LogP contribution is -2.19. The normalized spacial score (nSPS) is 18.2. The van der Waals surface area contributed by atoms with Crippen LogP contribution in [-0.4, -0.2) is 0 Å². The average Bonchev–Trinajstić information content (AvgIpc) is 2.89. The van der Waals surface area contributed by atoms with Crippen LogP contribution in [-0.2, 0) is 0 Å². The number of hydrogen-bond donors (Lipinski definition) is 0. The van der Waals surface area contributed by atoms with Gasteiger partial charge in [-0.05, 0) is 81.1 Å². The summed E-state index contributed by atoms with van der Waals surface area (Å²) in [5.74, 6) is 1.45. The van der Waals surface area contributed by atoms with Crippen LogP contribution in [0.3, 0.4) is 0 Å². The minimum atomic E-state index is 0.335. The predicted molar refractivity (Wildman–Crippen MR) is 163 cm³/mol. The molecule has 1 aliphatic rings. The Morgan fingerprint density at radius 2 is 1.67 bits per heavy atom. The lowest BCUT2D eigenvalue weighted by molar-refractivity contribution is 0.312. The molecule has 0 radical (unpaired) electrons. The minimum absolute atomic E-state index is 0.335. The Kier molecular flexibility index (Phi) is 12.5. The van der Waals surface area contributed by atoms with Gasteiger partial charge in [0.2, 0.25) is 0 Å². The summed E-state index contributed by atoms with van der Waals surface area (Å²) < 4.78 is 0. The molecule has 192 valence electrons. The van der Waals surface area contributed by atoms with Gasteiger partial charge in [-0.25, -0.2) is 0 Å². The molecule has 2 atom stereocenters. The van der Waals surface area contributed by atoms with Crippen LogP contribution < -0.4 is 0 Å². The molecule has 0 aliphatic heterocycles. The maximum atomic E-state index is 4.57. The number of aryl methyl sites for hydroxylation is 1. The molecule has 0 nitrogen and oxygen atoms in total. The van der Waals surface area contributed by atoms with Crippen molar-refractivity contribution in [3.05, 3.63) is 126 Å². The fraction of sp³-hybridized carbons (Fsp3) is 0.389. The van der Waals surface area contributed by atoms with Crippen molar-refractivity contribution in [2.45, 2.75) is 73.1 Å². The van der Waals surface area contributed by atoms with Gasteiger partial charge in [0, 0.05) is 5.92 Å². The Hall–Kier alpha value is -2.86. The summed E-state index contributed by atoms with van der Waals surface area (Å²) in [6.07, 6.45) is 24.6. The van der Waals surface area contributed by atoms with Crippen LogP contribution in [0.4, 0.5) is 0 Å². The second-order valence-electron chi connectivity index (χ2n) is 10.4. The van der Waals surface area contributed by atoms with E-state index < -0.39 is 0 Å². The van der Waals surface area contributed by atoms with Gasteiger partial charge in [0.05, 0.1) is 0 Å². The lowest BCUT2D eigenvalue weighted by Gasteiger charge is -2.32. The molecule has 1 aromatic rings. The first-order valence-corrected chi connectivity index (χ1v) is 13.7. The third-order valence-corrected chi connectivity index (χ3v) is 7.77. The molecule has 0 heterocycles. The van der Waals surface area contributed by atoms with Crippen LogP contribution in [0.25, 0.3) is 5.57 Å². The lowest BCUT2D eigenvalue weighted by atomic mass is 9.73. The van der Waals surface area contributed by atoms with Gasteiger partial charge in [-0.3, -0.25) is 0 Å². The van der Waals surface area contributed by atoms with Crippen molar-refractivity contribution in [3.8, 4) is 0 Å². The summed E-state index contributed by atoms with van der Waals surface area (Å²) >= 11 is 0. The molecular formula is C36H48. The quantitative estimate of drug-likeness (QED) is 0.206. The molecule has 1 aromatic carbocycles. The molecule has 2 rings (SSSR count). The average molecular weight is 481 g/mol. The van der Waals surface area contributed by atoms with E-state index in [1.807, 2.05) is 12.2 Å². The third kappa shape index (κ3) is 8.66. The van der Waals surface area contributed by atoms with Crippen LogP contribution in [0.5, 0.6) is 0 Å². The van der Waals surface area contributed by atoms with Gasteiger partial charge >= 0.3 is 0 Å². The van der Waals surface area contributed by atoms with E-state index >= 15 is 0 Å². The topological polar surface area (TPSA) is 0 Å².